The molecule has 0 aromatic carbocycles. The fourth-order valence-electron chi connectivity index (χ4n) is 1.95. The van der Waals surface area contributed by atoms with Crippen LogP contribution in [0.3, 0.4) is 0 Å². The van der Waals surface area contributed by atoms with Crippen molar-refractivity contribution in [3.8, 4) is 0 Å². The van der Waals surface area contributed by atoms with Crippen LogP contribution in [0.2, 0.25) is 4.34 Å². The van der Waals surface area contributed by atoms with Gasteiger partial charge in [-0.3, -0.25) is 0 Å². The van der Waals surface area contributed by atoms with Crippen LogP contribution in [0.15, 0.2) is 12.1 Å². The van der Waals surface area contributed by atoms with Gasteiger partial charge < -0.3 is 10.2 Å². The molecule has 116 valence electrons. The lowest BCUT2D eigenvalue weighted by molar-refractivity contribution is 0.554. The highest BCUT2D eigenvalue weighted by Crippen LogP contribution is 2.28. The Labute approximate surface area is 140 Å². The lowest BCUT2D eigenvalue weighted by atomic mass is 10.2. The molecule has 2 heterocycles. The van der Waals surface area contributed by atoms with Crippen molar-refractivity contribution in [3.63, 3.8) is 0 Å². The van der Waals surface area contributed by atoms with Gasteiger partial charge in [0.05, 0.1) is 16.6 Å². The summed E-state index contributed by atoms with van der Waals surface area (Å²) in [4.78, 5) is 9.45. The molecular weight excluding hydrogens is 322 g/mol. The van der Waals surface area contributed by atoms with E-state index in [1.165, 1.54) is 9.75 Å². The highest BCUT2D eigenvalue weighted by Gasteiger charge is 2.12. The van der Waals surface area contributed by atoms with E-state index < -0.39 is 0 Å². The number of halogens is 1. The molecule has 1 N–H and O–H groups in total. The number of aryl methyl sites for hydroxylation is 1. The fraction of sp³-hybridized carbons (Fsp3) is 0.533. The average Bonchev–Trinajstić information content (AvgIpc) is 2.96. The Balaban J connectivity index is 1.96. The molecule has 0 saturated heterocycles. The minimum absolute atomic E-state index is 0.670. The van der Waals surface area contributed by atoms with Crippen LogP contribution in [-0.2, 0) is 13.1 Å². The van der Waals surface area contributed by atoms with Gasteiger partial charge in [-0.2, -0.15) is 0 Å². The first-order chi connectivity index (χ1) is 9.95. The van der Waals surface area contributed by atoms with E-state index in [0.29, 0.717) is 5.92 Å². The highest BCUT2D eigenvalue weighted by atomic mass is 35.5. The second kappa shape index (κ2) is 7.58. The van der Waals surface area contributed by atoms with E-state index >= 15 is 0 Å². The van der Waals surface area contributed by atoms with E-state index in [9.17, 15) is 0 Å². The van der Waals surface area contributed by atoms with Gasteiger partial charge in [-0.1, -0.05) is 25.4 Å². The molecule has 0 aliphatic rings. The standard InChI is InChI=1S/C15H22ClN3S2/c1-10(2)7-17-8-13-11(3)18-15(21-13)19(4)9-12-5-6-14(16)20-12/h5-6,10,17H,7-9H2,1-4H3. The van der Waals surface area contributed by atoms with Crippen molar-refractivity contribution in [1.29, 1.82) is 0 Å². The molecule has 0 amide bonds. The zero-order chi connectivity index (χ0) is 15.4. The Morgan fingerprint density at radius 1 is 1.33 bits per heavy atom. The zero-order valence-electron chi connectivity index (χ0n) is 12.9. The normalized spacial score (nSPS) is 11.3. The third kappa shape index (κ3) is 4.95. The molecule has 21 heavy (non-hydrogen) atoms. The molecule has 3 nitrogen and oxygen atoms in total. The van der Waals surface area contributed by atoms with E-state index in [1.807, 2.05) is 6.07 Å². The van der Waals surface area contributed by atoms with E-state index in [-0.39, 0.29) is 0 Å². The molecule has 0 unspecified atom stereocenters. The molecule has 0 atom stereocenters. The summed E-state index contributed by atoms with van der Waals surface area (Å²) < 4.78 is 0.840. The monoisotopic (exact) mass is 343 g/mol. The summed E-state index contributed by atoms with van der Waals surface area (Å²) in [6.07, 6.45) is 0. The van der Waals surface area contributed by atoms with Crippen LogP contribution in [0.1, 0.15) is 29.3 Å². The van der Waals surface area contributed by atoms with Crippen LogP contribution < -0.4 is 10.2 Å². The van der Waals surface area contributed by atoms with Crippen molar-refractivity contribution in [2.75, 3.05) is 18.5 Å². The number of hydrogen-bond acceptors (Lipinski definition) is 5. The Morgan fingerprint density at radius 2 is 2.10 bits per heavy atom. The first-order valence-corrected chi connectivity index (χ1v) is 9.09. The van der Waals surface area contributed by atoms with E-state index in [0.717, 1.165) is 34.8 Å². The van der Waals surface area contributed by atoms with Crippen LogP contribution in [0, 0.1) is 12.8 Å². The number of hydrogen-bond donors (Lipinski definition) is 1. The predicted molar refractivity (Wildman–Crippen MR) is 94.8 cm³/mol. The summed E-state index contributed by atoms with van der Waals surface area (Å²) >= 11 is 9.38. The third-order valence-electron chi connectivity index (χ3n) is 3.07. The summed E-state index contributed by atoms with van der Waals surface area (Å²) in [6.45, 7) is 9.32. The summed E-state index contributed by atoms with van der Waals surface area (Å²) in [5, 5.41) is 4.55. The minimum Gasteiger partial charge on any atom is -0.346 e. The van der Waals surface area contributed by atoms with Gasteiger partial charge in [-0.15, -0.1) is 22.7 Å². The summed E-state index contributed by atoms with van der Waals surface area (Å²) in [5.41, 5.74) is 1.13. The first-order valence-electron chi connectivity index (χ1n) is 7.08. The molecule has 6 heteroatoms. The van der Waals surface area contributed by atoms with Gasteiger partial charge in [0.25, 0.3) is 0 Å². The smallest absolute Gasteiger partial charge is 0.185 e. The molecule has 0 aliphatic carbocycles. The Bertz CT molecular complexity index is 577. The first kappa shape index (κ1) is 16.7. The molecular formula is C15H22ClN3S2. The lowest BCUT2D eigenvalue weighted by Crippen LogP contribution is -2.18. The van der Waals surface area contributed by atoms with Crippen molar-refractivity contribution in [2.24, 2.45) is 5.92 Å². The van der Waals surface area contributed by atoms with Crippen molar-refractivity contribution in [2.45, 2.75) is 33.9 Å². The second-order valence-corrected chi connectivity index (χ2v) is 8.45. The van der Waals surface area contributed by atoms with Gasteiger partial charge in [-0.25, -0.2) is 4.98 Å². The fourth-order valence-corrected chi connectivity index (χ4v) is 4.08. The molecule has 2 aromatic rings. The average molecular weight is 344 g/mol. The number of nitrogens with zero attached hydrogens (tertiary/aromatic N) is 2. The number of nitrogens with one attached hydrogen (secondary N) is 1. The molecule has 2 aromatic heterocycles. The Morgan fingerprint density at radius 3 is 2.71 bits per heavy atom. The van der Waals surface area contributed by atoms with Crippen molar-refractivity contribution in [1.82, 2.24) is 10.3 Å². The zero-order valence-corrected chi connectivity index (χ0v) is 15.3. The maximum Gasteiger partial charge on any atom is 0.185 e. The largest absolute Gasteiger partial charge is 0.346 e. The van der Waals surface area contributed by atoms with Crippen LogP contribution in [0.4, 0.5) is 5.13 Å². The van der Waals surface area contributed by atoms with Gasteiger partial charge in [-0.05, 0) is 31.5 Å². The third-order valence-corrected chi connectivity index (χ3v) is 5.56. The van der Waals surface area contributed by atoms with Gasteiger partial charge in [0.2, 0.25) is 0 Å². The van der Waals surface area contributed by atoms with Gasteiger partial charge in [0.1, 0.15) is 0 Å². The summed E-state index contributed by atoms with van der Waals surface area (Å²) in [5.74, 6) is 0.670. The SMILES string of the molecule is Cc1nc(N(C)Cc2ccc(Cl)s2)sc1CNCC(C)C. The minimum atomic E-state index is 0.670. The maximum absolute atomic E-state index is 5.98. The molecule has 0 spiro atoms. The molecule has 0 saturated carbocycles. The molecule has 0 fully saturated rings. The topological polar surface area (TPSA) is 28.2 Å². The number of anilines is 1. The van der Waals surface area contributed by atoms with E-state index in [1.54, 1.807) is 22.7 Å². The van der Waals surface area contributed by atoms with Crippen molar-refractivity contribution < 1.29 is 0 Å². The Hall–Kier alpha value is -0.620. The van der Waals surface area contributed by atoms with E-state index in [2.05, 4.69) is 49.1 Å². The van der Waals surface area contributed by atoms with Gasteiger partial charge >= 0.3 is 0 Å². The van der Waals surface area contributed by atoms with Gasteiger partial charge in [0.15, 0.2) is 5.13 Å². The number of thiazole rings is 1. The summed E-state index contributed by atoms with van der Waals surface area (Å²) in [6, 6.07) is 4.03. The molecule has 0 aliphatic heterocycles. The molecule has 0 bridgehead atoms. The molecule has 0 radical (unpaired) electrons. The molecule has 2 rings (SSSR count). The van der Waals surface area contributed by atoms with E-state index in [4.69, 9.17) is 11.6 Å². The maximum atomic E-state index is 5.98. The number of aromatic nitrogens is 1. The van der Waals surface area contributed by atoms with Crippen molar-refractivity contribution >= 4 is 39.4 Å². The Kier molecular flexibility index (Phi) is 6.05. The quantitative estimate of drug-likeness (QED) is 0.799. The van der Waals surface area contributed by atoms with Crippen LogP contribution >= 0.6 is 34.3 Å². The lowest BCUT2D eigenvalue weighted by Gasteiger charge is -2.14. The highest BCUT2D eigenvalue weighted by molar-refractivity contribution is 7.16. The van der Waals surface area contributed by atoms with Crippen LogP contribution in [0.5, 0.6) is 0 Å². The predicted octanol–water partition coefficient (Wildman–Crippen LogP) is 4.55. The van der Waals surface area contributed by atoms with Crippen molar-refractivity contribution in [3.05, 3.63) is 31.9 Å². The summed E-state index contributed by atoms with van der Waals surface area (Å²) in [7, 11) is 2.08. The van der Waals surface area contributed by atoms with Crippen LogP contribution in [-0.4, -0.2) is 18.6 Å². The number of thiophene rings is 1. The number of rotatable bonds is 7. The van der Waals surface area contributed by atoms with Gasteiger partial charge in [0, 0.05) is 23.3 Å². The van der Waals surface area contributed by atoms with Crippen LogP contribution in [0.25, 0.3) is 0 Å². The second-order valence-electron chi connectivity index (χ2n) is 5.59.